The number of nitrogens with two attached hydrogens (primary N) is 1. The van der Waals surface area contributed by atoms with Gasteiger partial charge in [0.1, 0.15) is 30.5 Å². The minimum Gasteiger partial charge on any atom is -0.444 e. The van der Waals surface area contributed by atoms with E-state index in [9.17, 15) is 4.79 Å². The number of nitrogens with zero attached hydrogens (tertiary/aromatic N) is 6. The molecule has 1 fully saturated rings. The lowest BCUT2D eigenvalue weighted by Gasteiger charge is -2.43. The summed E-state index contributed by atoms with van der Waals surface area (Å²) in [5, 5.41) is 4.58. The van der Waals surface area contributed by atoms with Crippen LogP contribution in [-0.2, 0) is 14.2 Å². The smallest absolute Gasteiger partial charge is 0.421 e. The first-order valence-electron chi connectivity index (χ1n) is 14.3. The van der Waals surface area contributed by atoms with Crippen molar-refractivity contribution >= 4 is 11.8 Å². The molecule has 0 radical (unpaired) electrons. The molecule has 1 saturated heterocycles. The maximum absolute atomic E-state index is 15.2. The van der Waals surface area contributed by atoms with Gasteiger partial charge in [-0.1, -0.05) is 0 Å². The van der Waals surface area contributed by atoms with Crippen LogP contribution in [0.4, 0.5) is 18.0 Å². The summed E-state index contributed by atoms with van der Waals surface area (Å²) in [6, 6.07) is 0. The molecule has 238 valence electrons. The third-order valence-electron chi connectivity index (χ3n) is 6.92. The molecule has 1 amide bonds. The van der Waals surface area contributed by atoms with Crippen molar-refractivity contribution < 1.29 is 32.2 Å². The van der Waals surface area contributed by atoms with E-state index in [4.69, 9.17) is 25.0 Å². The number of carbonyl (C=O) groups excluding carboxylic acids is 1. The Morgan fingerprint density at radius 1 is 1.17 bits per heavy atom. The topological polar surface area (TPSA) is 99.3 Å². The molecule has 3 heterocycles. The molecule has 0 aromatic heterocycles. The molecule has 0 bridgehead atoms. The van der Waals surface area contributed by atoms with Crippen molar-refractivity contribution in [3.63, 3.8) is 0 Å². The molecule has 0 aromatic rings. The van der Waals surface area contributed by atoms with Gasteiger partial charge in [-0.2, -0.15) is 13.2 Å². The van der Waals surface area contributed by atoms with Crippen molar-refractivity contribution in [1.29, 1.82) is 0 Å². The van der Waals surface area contributed by atoms with Crippen molar-refractivity contribution in [3.05, 3.63) is 34.6 Å². The maximum atomic E-state index is 15.2. The molecular formula is C28H46F3N7O4. The number of hydrogen-bond donors (Lipinski definition) is 1. The molecule has 42 heavy (non-hydrogen) atoms. The number of hydrazine groups is 2. The number of halogens is 3. The van der Waals surface area contributed by atoms with Crippen LogP contribution in [0.5, 0.6) is 0 Å². The number of likely N-dealkylation sites (N-methyl/N-ethyl adjacent to an activating group) is 1. The predicted octanol–water partition coefficient (Wildman–Crippen LogP) is 4.24. The summed E-state index contributed by atoms with van der Waals surface area (Å²) in [5.41, 5.74) is -0.213. The Kier molecular flexibility index (Phi) is 11.0. The van der Waals surface area contributed by atoms with Crippen LogP contribution in [0.2, 0.25) is 0 Å². The van der Waals surface area contributed by atoms with Crippen LogP contribution in [0.25, 0.3) is 0 Å². The molecule has 1 atom stereocenters. The van der Waals surface area contributed by atoms with Gasteiger partial charge in [0.05, 0.1) is 5.71 Å². The summed E-state index contributed by atoms with van der Waals surface area (Å²) in [4.78, 5) is 20.6. The highest BCUT2D eigenvalue weighted by atomic mass is 19.4. The highest BCUT2D eigenvalue weighted by molar-refractivity contribution is 6.05. The van der Waals surface area contributed by atoms with E-state index in [1.807, 2.05) is 6.92 Å². The third-order valence-corrected chi connectivity index (χ3v) is 6.92. The van der Waals surface area contributed by atoms with E-state index in [0.29, 0.717) is 45.0 Å². The van der Waals surface area contributed by atoms with E-state index in [2.05, 4.69) is 0 Å². The Morgan fingerprint density at radius 3 is 2.31 bits per heavy atom. The second-order valence-electron chi connectivity index (χ2n) is 11.6. The van der Waals surface area contributed by atoms with Crippen LogP contribution in [0, 0.1) is 5.92 Å². The van der Waals surface area contributed by atoms with E-state index in [1.165, 1.54) is 19.8 Å². The Bertz CT molecular complexity index is 1100. The maximum Gasteiger partial charge on any atom is 0.421 e. The standard InChI is InChI=1S/C28H46F3N7O4/c1-9-40-17-37(18-41-10-2)25-22(28(29,30)31)23(20-12-11-13-36(15-20)26(39)42-27(4,5)6)33-24-21(16-35(8)38(24)25)19(3)14-34(7)32/h14,20H,9-13,15-18,32H2,1-8H3/b19-14+. The van der Waals surface area contributed by atoms with E-state index >= 15 is 13.2 Å². The molecule has 14 heteroatoms. The number of alkyl halides is 3. The van der Waals surface area contributed by atoms with Crippen LogP contribution < -0.4 is 5.84 Å². The predicted molar refractivity (Wildman–Crippen MR) is 153 cm³/mol. The molecule has 0 saturated carbocycles. The van der Waals surface area contributed by atoms with Crippen molar-refractivity contribution in [2.24, 2.45) is 16.8 Å². The molecule has 0 aliphatic carbocycles. The zero-order valence-corrected chi connectivity index (χ0v) is 26.0. The van der Waals surface area contributed by atoms with Crippen LogP contribution in [-0.4, -0.2) is 109 Å². The van der Waals surface area contributed by atoms with Gasteiger partial charge in [-0.15, -0.1) is 0 Å². The van der Waals surface area contributed by atoms with E-state index in [1.54, 1.807) is 59.9 Å². The summed E-state index contributed by atoms with van der Waals surface area (Å²) in [6.45, 7) is 11.8. The average Bonchev–Trinajstić information content (AvgIpc) is 3.22. The lowest BCUT2D eigenvalue weighted by atomic mass is 9.87. The SMILES string of the molecule is CCOCN(COCC)C1=C(C(F)(F)F)C(C2CCCN(C(=O)OC(C)(C)C)C2)=NC2=C(/C(C)=C/N(C)N)CN(C)N21. The Labute approximate surface area is 246 Å². The van der Waals surface area contributed by atoms with Crippen molar-refractivity contribution in [1.82, 2.24) is 24.8 Å². The number of rotatable bonds is 10. The summed E-state index contributed by atoms with van der Waals surface area (Å²) in [7, 11) is 3.39. The van der Waals surface area contributed by atoms with E-state index in [0.717, 1.165) is 11.1 Å². The highest BCUT2D eigenvalue weighted by Gasteiger charge is 2.51. The Morgan fingerprint density at radius 2 is 1.79 bits per heavy atom. The minimum absolute atomic E-state index is 0.0519. The molecule has 3 rings (SSSR count). The van der Waals surface area contributed by atoms with E-state index in [-0.39, 0.29) is 31.5 Å². The quantitative estimate of drug-likeness (QED) is 0.224. The number of allylic oxidation sites excluding steroid dienone is 1. The van der Waals surface area contributed by atoms with Gasteiger partial charge in [-0.3, -0.25) is 0 Å². The minimum atomic E-state index is -4.77. The lowest BCUT2D eigenvalue weighted by molar-refractivity contribution is -0.101. The third kappa shape index (κ3) is 7.97. The Balaban J connectivity index is 2.25. The number of amides is 1. The van der Waals surface area contributed by atoms with Gasteiger partial charge in [0.25, 0.3) is 0 Å². The largest absolute Gasteiger partial charge is 0.444 e. The number of ether oxygens (including phenoxy) is 3. The van der Waals surface area contributed by atoms with Crippen molar-refractivity contribution in [2.75, 3.05) is 60.4 Å². The van der Waals surface area contributed by atoms with Crippen LogP contribution >= 0.6 is 0 Å². The average molecular weight is 602 g/mol. The molecule has 1 unspecified atom stereocenters. The summed E-state index contributed by atoms with van der Waals surface area (Å²) in [5.74, 6) is 5.46. The molecule has 0 aromatic carbocycles. The molecule has 0 spiro atoms. The zero-order chi connectivity index (χ0) is 31.4. The van der Waals surface area contributed by atoms with Crippen molar-refractivity contribution in [2.45, 2.75) is 66.2 Å². The summed E-state index contributed by atoms with van der Waals surface area (Å²) in [6.07, 6.45) is -2.67. The number of carbonyl (C=O) groups is 1. The second kappa shape index (κ2) is 13.7. The highest BCUT2D eigenvalue weighted by Crippen LogP contribution is 2.44. The second-order valence-corrected chi connectivity index (χ2v) is 11.6. The normalized spacial score (nSPS) is 20.7. The molecule has 2 N–H and O–H groups in total. The number of fused-ring (bicyclic) bond motifs is 1. The van der Waals surface area contributed by atoms with Crippen LogP contribution in [0.15, 0.2) is 39.6 Å². The monoisotopic (exact) mass is 601 g/mol. The first kappa shape index (κ1) is 33.7. The first-order chi connectivity index (χ1) is 19.6. The number of hydrogen-bond acceptors (Lipinski definition) is 10. The fraction of sp³-hybridized carbons (Fsp3) is 0.714. The summed E-state index contributed by atoms with van der Waals surface area (Å²) < 4.78 is 62.5. The Hall–Kier alpha value is -2.81. The van der Waals surface area contributed by atoms with Gasteiger partial charge in [-0.05, 0) is 60.0 Å². The number of piperidine rings is 1. The van der Waals surface area contributed by atoms with Gasteiger partial charge < -0.3 is 29.0 Å². The van der Waals surface area contributed by atoms with E-state index < -0.39 is 29.4 Å². The molecule has 3 aliphatic heterocycles. The van der Waals surface area contributed by atoms with Gasteiger partial charge >= 0.3 is 12.3 Å². The molecular weight excluding hydrogens is 555 g/mol. The first-order valence-corrected chi connectivity index (χ1v) is 14.3. The zero-order valence-electron chi connectivity index (χ0n) is 26.0. The lowest BCUT2D eigenvalue weighted by Crippen LogP contribution is -2.50. The van der Waals surface area contributed by atoms with Crippen LogP contribution in [0.3, 0.4) is 0 Å². The summed E-state index contributed by atoms with van der Waals surface area (Å²) >= 11 is 0. The van der Waals surface area contributed by atoms with Crippen LogP contribution in [0.1, 0.15) is 54.4 Å². The van der Waals surface area contributed by atoms with Gasteiger partial charge in [0, 0.05) is 64.6 Å². The molecule has 11 nitrogen and oxygen atoms in total. The fourth-order valence-corrected chi connectivity index (χ4v) is 5.23. The fourth-order valence-electron chi connectivity index (χ4n) is 5.23. The van der Waals surface area contributed by atoms with Crippen molar-refractivity contribution in [3.8, 4) is 0 Å². The molecule has 3 aliphatic rings. The van der Waals surface area contributed by atoms with Gasteiger partial charge in [0.2, 0.25) is 0 Å². The number of aliphatic imine (C=N–C) groups is 1. The van der Waals surface area contributed by atoms with Gasteiger partial charge in [-0.25, -0.2) is 25.6 Å². The van der Waals surface area contributed by atoms with Gasteiger partial charge in [0.15, 0.2) is 5.82 Å². The number of likely N-dealkylation sites (tertiary alicyclic amines) is 1.